The van der Waals surface area contributed by atoms with Crippen molar-refractivity contribution in [3.05, 3.63) is 45.5 Å². The van der Waals surface area contributed by atoms with Crippen LogP contribution in [0.15, 0.2) is 28.0 Å². The molecule has 0 atom stereocenters. The summed E-state index contributed by atoms with van der Waals surface area (Å²) in [5.41, 5.74) is 4.66. The molecule has 0 fully saturated rings. The van der Waals surface area contributed by atoms with Gasteiger partial charge in [0.25, 0.3) is 11.8 Å². The predicted octanol–water partition coefficient (Wildman–Crippen LogP) is 1.58. The topological polar surface area (TPSA) is 97.6 Å². The predicted molar refractivity (Wildman–Crippen MR) is 78.4 cm³/mol. The van der Waals surface area contributed by atoms with Crippen LogP contribution in [-0.2, 0) is 9.53 Å². The Labute approximate surface area is 130 Å². The zero-order valence-corrected chi connectivity index (χ0v) is 12.8. The highest BCUT2D eigenvalue weighted by Crippen LogP contribution is 2.14. The lowest BCUT2D eigenvalue weighted by molar-refractivity contribution is -0.125. The number of ether oxygens (including phenoxy) is 1. The summed E-state index contributed by atoms with van der Waals surface area (Å²) >= 11 is 1.24. The van der Waals surface area contributed by atoms with Crippen LogP contribution in [0.2, 0.25) is 0 Å². The van der Waals surface area contributed by atoms with Crippen molar-refractivity contribution in [1.29, 1.82) is 0 Å². The summed E-state index contributed by atoms with van der Waals surface area (Å²) in [4.78, 5) is 35.3. The summed E-state index contributed by atoms with van der Waals surface area (Å²) < 4.78 is 10.1. The van der Waals surface area contributed by atoms with Crippen molar-refractivity contribution in [3.63, 3.8) is 0 Å². The standard InChI is InChI=1S/C14H14N2O5S/c1-8-6-10(9(2)21-8)14(19)20-7-12(17)15-16-13(18)11-4-3-5-22-11/h3-6H,7H2,1-2H3,(H,15,17)(H,16,18). The van der Waals surface area contributed by atoms with Gasteiger partial charge in [-0.2, -0.15) is 0 Å². The molecule has 2 rings (SSSR count). The monoisotopic (exact) mass is 322 g/mol. The maximum Gasteiger partial charge on any atom is 0.342 e. The van der Waals surface area contributed by atoms with Gasteiger partial charge in [0.15, 0.2) is 6.61 Å². The second-order valence-electron chi connectivity index (χ2n) is 4.38. The lowest BCUT2D eigenvalue weighted by Gasteiger charge is -2.06. The van der Waals surface area contributed by atoms with E-state index in [1.807, 2.05) is 0 Å². The van der Waals surface area contributed by atoms with Gasteiger partial charge in [0.05, 0.1) is 4.88 Å². The average Bonchev–Trinajstić information content (AvgIpc) is 3.11. The summed E-state index contributed by atoms with van der Waals surface area (Å²) in [6.07, 6.45) is 0. The van der Waals surface area contributed by atoms with Gasteiger partial charge in [-0.05, 0) is 31.4 Å². The first kappa shape index (κ1) is 15.8. The number of hydrogen-bond donors (Lipinski definition) is 2. The number of carbonyl (C=O) groups is 3. The van der Waals surface area contributed by atoms with E-state index >= 15 is 0 Å². The number of nitrogens with one attached hydrogen (secondary N) is 2. The van der Waals surface area contributed by atoms with E-state index < -0.39 is 24.4 Å². The summed E-state index contributed by atoms with van der Waals surface area (Å²) in [6.45, 7) is 2.83. The van der Waals surface area contributed by atoms with Crippen LogP contribution in [0, 0.1) is 13.8 Å². The van der Waals surface area contributed by atoms with Gasteiger partial charge in [0.2, 0.25) is 0 Å². The Morgan fingerprint density at radius 2 is 2.05 bits per heavy atom. The fraction of sp³-hybridized carbons (Fsp3) is 0.214. The number of aryl methyl sites for hydroxylation is 2. The third kappa shape index (κ3) is 3.95. The molecular weight excluding hydrogens is 308 g/mol. The molecule has 2 aromatic rings. The Kier molecular flexibility index (Phi) is 4.95. The van der Waals surface area contributed by atoms with Gasteiger partial charge in [-0.15, -0.1) is 11.3 Å². The fourth-order valence-electron chi connectivity index (χ4n) is 1.67. The number of hydrazine groups is 1. The van der Waals surface area contributed by atoms with Crippen LogP contribution in [-0.4, -0.2) is 24.4 Å². The molecular formula is C14H14N2O5S. The van der Waals surface area contributed by atoms with Crippen molar-refractivity contribution in [2.24, 2.45) is 0 Å². The molecule has 0 radical (unpaired) electrons. The van der Waals surface area contributed by atoms with E-state index in [4.69, 9.17) is 9.15 Å². The third-order valence-corrected chi connectivity index (χ3v) is 3.52. The van der Waals surface area contributed by atoms with Crippen LogP contribution >= 0.6 is 11.3 Å². The Balaban J connectivity index is 1.77. The van der Waals surface area contributed by atoms with Crippen molar-refractivity contribution in [2.75, 3.05) is 6.61 Å². The number of rotatable bonds is 4. The van der Waals surface area contributed by atoms with E-state index in [1.165, 1.54) is 17.4 Å². The van der Waals surface area contributed by atoms with E-state index in [1.54, 1.807) is 31.4 Å². The highest BCUT2D eigenvalue weighted by atomic mass is 32.1. The maximum absolute atomic E-state index is 11.8. The van der Waals surface area contributed by atoms with E-state index in [9.17, 15) is 14.4 Å². The molecule has 22 heavy (non-hydrogen) atoms. The molecule has 0 bridgehead atoms. The molecule has 0 aliphatic rings. The summed E-state index contributed by atoms with van der Waals surface area (Å²) in [5, 5.41) is 1.74. The quantitative estimate of drug-likeness (QED) is 0.658. The fourth-order valence-corrected chi connectivity index (χ4v) is 2.29. The highest BCUT2D eigenvalue weighted by Gasteiger charge is 2.16. The number of esters is 1. The largest absolute Gasteiger partial charge is 0.466 e. The smallest absolute Gasteiger partial charge is 0.342 e. The Morgan fingerprint density at radius 3 is 2.64 bits per heavy atom. The molecule has 0 unspecified atom stereocenters. The average molecular weight is 322 g/mol. The third-order valence-electron chi connectivity index (χ3n) is 2.66. The van der Waals surface area contributed by atoms with Crippen LogP contribution in [0.1, 0.15) is 31.6 Å². The van der Waals surface area contributed by atoms with Crippen LogP contribution in [0.25, 0.3) is 0 Å². The van der Waals surface area contributed by atoms with Crippen LogP contribution < -0.4 is 10.9 Å². The minimum absolute atomic E-state index is 0.271. The molecule has 0 aliphatic carbocycles. The van der Waals surface area contributed by atoms with Crippen molar-refractivity contribution < 1.29 is 23.5 Å². The second-order valence-corrected chi connectivity index (χ2v) is 5.33. The summed E-state index contributed by atoms with van der Waals surface area (Å²) in [7, 11) is 0. The number of furan rings is 1. The minimum atomic E-state index is -0.658. The van der Waals surface area contributed by atoms with E-state index in [0.717, 1.165) is 0 Å². The van der Waals surface area contributed by atoms with Gasteiger partial charge in [-0.1, -0.05) is 6.07 Å². The lowest BCUT2D eigenvalue weighted by atomic mass is 10.2. The Morgan fingerprint density at radius 1 is 1.27 bits per heavy atom. The van der Waals surface area contributed by atoms with E-state index in [0.29, 0.717) is 16.4 Å². The van der Waals surface area contributed by atoms with Gasteiger partial charge in [-0.25, -0.2) is 4.79 Å². The van der Waals surface area contributed by atoms with Gasteiger partial charge in [0.1, 0.15) is 17.1 Å². The highest BCUT2D eigenvalue weighted by molar-refractivity contribution is 7.12. The molecule has 0 aromatic carbocycles. The Hall–Kier alpha value is -2.61. The molecule has 0 saturated carbocycles. The lowest BCUT2D eigenvalue weighted by Crippen LogP contribution is -2.43. The molecule has 2 amide bonds. The van der Waals surface area contributed by atoms with Gasteiger partial charge in [0, 0.05) is 0 Å². The number of amides is 2. The summed E-state index contributed by atoms with van der Waals surface area (Å²) in [5.74, 6) is -0.729. The first-order chi connectivity index (χ1) is 10.5. The van der Waals surface area contributed by atoms with Crippen LogP contribution in [0.5, 0.6) is 0 Å². The molecule has 2 N–H and O–H groups in total. The first-order valence-electron chi connectivity index (χ1n) is 6.34. The molecule has 2 heterocycles. The summed E-state index contributed by atoms with van der Waals surface area (Å²) in [6, 6.07) is 4.88. The van der Waals surface area contributed by atoms with E-state index in [2.05, 4.69) is 10.9 Å². The van der Waals surface area contributed by atoms with Gasteiger partial charge < -0.3 is 9.15 Å². The molecule has 7 nitrogen and oxygen atoms in total. The normalized spacial score (nSPS) is 10.1. The first-order valence-corrected chi connectivity index (χ1v) is 7.22. The number of hydrogen-bond acceptors (Lipinski definition) is 6. The maximum atomic E-state index is 11.8. The zero-order chi connectivity index (χ0) is 16.1. The number of thiophene rings is 1. The SMILES string of the molecule is Cc1cc(C(=O)OCC(=O)NNC(=O)c2cccs2)c(C)o1. The molecule has 0 spiro atoms. The molecule has 2 aromatic heterocycles. The van der Waals surface area contributed by atoms with Crippen molar-refractivity contribution in [3.8, 4) is 0 Å². The van der Waals surface area contributed by atoms with Crippen molar-refractivity contribution in [1.82, 2.24) is 10.9 Å². The van der Waals surface area contributed by atoms with Crippen molar-refractivity contribution in [2.45, 2.75) is 13.8 Å². The van der Waals surface area contributed by atoms with Crippen molar-refractivity contribution >= 4 is 29.1 Å². The molecule has 116 valence electrons. The second kappa shape index (κ2) is 6.90. The molecule has 8 heteroatoms. The minimum Gasteiger partial charge on any atom is -0.466 e. The van der Waals surface area contributed by atoms with E-state index in [-0.39, 0.29) is 5.56 Å². The van der Waals surface area contributed by atoms with Gasteiger partial charge in [-0.3, -0.25) is 20.4 Å². The van der Waals surface area contributed by atoms with Crippen LogP contribution in [0.3, 0.4) is 0 Å². The van der Waals surface area contributed by atoms with Crippen LogP contribution in [0.4, 0.5) is 0 Å². The molecule has 0 saturated heterocycles. The Bertz CT molecular complexity index is 690. The number of carbonyl (C=O) groups excluding carboxylic acids is 3. The molecule has 0 aliphatic heterocycles. The zero-order valence-electron chi connectivity index (χ0n) is 12.0. The van der Waals surface area contributed by atoms with Gasteiger partial charge >= 0.3 is 5.97 Å².